The van der Waals surface area contributed by atoms with E-state index in [1.54, 1.807) is 6.08 Å². The molecule has 0 atom stereocenters. The van der Waals surface area contributed by atoms with Gasteiger partial charge >= 0.3 is 12.1 Å². The van der Waals surface area contributed by atoms with E-state index in [-0.39, 0.29) is 32.2 Å². The van der Waals surface area contributed by atoms with E-state index in [1.165, 1.54) is 0 Å². The number of esters is 1. The van der Waals surface area contributed by atoms with Crippen molar-refractivity contribution in [1.29, 1.82) is 0 Å². The van der Waals surface area contributed by atoms with E-state index in [0.717, 1.165) is 0 Å². The maximum Gasteiger partial charge on any atom is 0.514 e. The van der Waals surface area contributed by atoms with Gasteiger partial charge in [-0.3, -0.25) is 4.79 Å². The fourth-order valence-electron chi connectivity index (χ4n) is 1.18. The van der Waals surface area contributed by atoms with Crippen LogP contribution in [0.15, 0.2) is 11.8 Å². The van der Waals surface area contributed by atoms with Crippen LogP contribution in [0, 0.1) is 0 Å². The van der Waals surface area contributed by atoms with Crippen LogP contribution in [-0.4, -0.2) is 37.5 Å². The van der Waals surface area contributed by atoms with Crippen LogP contribution in [0.5, 0.6) is 0 Å². The molecule has 0 aromatic rings. The number of hydrogen-bond acceptors (Lipinski definition) is 6. The van der Waals surface area contributed by atoms with Gasteiger partial charge in [-0.1, -0.05) is 0 Å². The highest BCUT2D eigenvalue weighted by molar-refractivity contribution is 5.69. The highest BCUT2D eigenvalue weighted by Gasteiger charge is 2.18. The minimum atomic E-state index is -0.699. The van der Waals surface area contributed by atoms with Crippen molar-refractivity contribution in [2.24, 2.45) is 0 Å². The smallest absolute Gasteiger partial charge is 0.460 e. The molecule has 6 heteroatoms. The van der Waals surface area contributed by atoms with Gasteiger partial charge in [0.15, 0.2) is 6.61 Å². The number of cyclic esters (lactones) is 2. The average molecular weight is 258 g/mol. The number of hydrogen-bond donors (Lipinski definition) is 0. The largest absolute Gasteiger partial charge is 0.514 e. The normalized spacial score (nSPS) is 17.5. The van der Waals surface area contributed by atoms with Crippen LogP contribution in [-0.2, 0) is 23.7 Å². The fourth-order valence-corrected chi connectivity index (χ4v) is 1.18. The van der Waals surface area contributed by atoms with Crippen molar-refractivity contribution in [2.45, 2.75) is 32.8 Å². The highest BCUT2D eigenvalue weighted by Crippen LogP contribution is 2.10. The van der Waals surface area contributed by atoms with E-state index >= 15 is 0 Å². The molecule has 0 aromatic carbocycles. The van der Waals surface area contributed by atoms with Crippen molar-refractivity contribution < 1.29 is 28.5 Å². The van der Waals surface area contributed by atoms with Gasteiger partial charge in [-0.25, -0.2) is 4.79 Å². The van der Waals surface area contributed by atoms with Crippen molar-refractivity contribution in [2.75, 3.05) is 19.8 Å². The molecule has 6 nitrogen and oxygen atoms in total. The third kappa shape index (κ3) is 6.24. The van der Waals surface area contributed by atoms with Crippen LogP contribution < -0.4 is 0 Å². The lowest BCUT2D eigenvalue weighted by atomic mass is 10.2. The summed E-state index contributed by atoms with van der Waals surface area (Å²) in [5.74, 6) is 0.128. The summed E-state index contributed by atoms with van der Waals surface area (Å²) in [5.41, 5.74) is -0.478. The maximum atomic E-state index is 11.3. The minimum absolute atomic E-state index is 0.133. The third-order valence-corrected chi connectivity index (χ3v) is 1.85. The molecule has 18 heavy (non-hydrogen) atoms. The monoisotopic (exact) mass is 258 g/mol. The molecule has 1 saturated heterocycles. The molecule has 1 fully saturated rings. The molecule has 0 bridgehead atoms. The Morgan fingerprint density at radius 1 is 1.44 bits per heavy atom. The number of carbonyl (C=O) groups excluding carboxylic acids is 2. The van der Waals surface area contributed by atoms with Gasteiger partial charge in [0.1, 0.15) is 11.4 Å². The average Bonchev–Trinajstić information content (AvgIpc) is 2.61. The summed E-state index contributed by atoms with van der Waals surface area (Å²) < 4.78 is 19.5. The van der Waals surface area contributed by atoms with Crippen molar-refractivity contribution in [3.05, 3.63) is 11.8 Å². The van der Waals surface area contributed by atoms with E-state index in [9.17, 15) is 9.59 Å². The van der Waals surface area contributed by atoms with E-state index < -0.39 is 11.8 Å². The summed E-state index contributed by atoms with van der Waals surface area (Å²) in [6.07, 6.45) is 1.09. The van der Waals surface area contributed by atoms with E-state index in [2.05, 4.69) is 9.47 Å². The van der Waals surface area contributed by atoms with Gasteiger partial charge in [0.25, 0.3) is 0 Å². The summed E-state index contributed by atoms with van der Waals surface area (Å²) in [4.78, 5) is 21.9. The number of rotatable bonds is 5. The predicted molar refractivity (Wildman–Crippen MR) is 61.8 cm³/mol. The van der Waals surface area contributed by atoms with Crippen LogP contribution in [0.3, 0.4) is 0 Å². The second-order valence-corrected chi connectivity index (χ2v) is 4.72. The van der Waals surface area contributed by atoms with Gasteiger partial charge in [0, 0.05) is 0 Å². The van der Waals surface area contributed by atoms with E-state index in [1.807, 2.05) is 20.8 Å². The Morgan fingerprint density at radius 3 is 2.72 bits per heavy atom. The fraction of sp³-hybridized carbons (Fsp3) is 0.667. The van der Waals surface area contributed by atoms with Crippen LogP contribution in [0.2, 0.25) is 0 Å². The summed E-state index contributed by atoms with van der Waals surface area (Å²) in [6, 6.07) is 0. The van der Waals surface area contributed by atoms with Gasteiger partial charge in [0.2, 0.25) is 0 Å². The van der Waals surface area contributed by atoms with Gasteiger partial charge in [-0.2, -0.15) is 0 Å². The summed E-state index contributed by atoms with van der Waals surface area (Å²) in [5, 5.41) is 0. The molecule has 0 saturated carbocycles. The molecule has 0 amide bonds. The summed E-state index contributed by atoms with van der Waals surface area (Å²) in [7, 11) is 0. The predicted octanol–water partition coefficient (Wildman–Crippen LogP) is 1.79. The van der Waals surface area contributed by atoms with Crippen molar-refractivity contribution in [1.82, 2.24) is 0 Å². The first-order valence-electron chi connectivity index (χ1n) is 5.70. The van der Waals surface area contributed by atoms with Crippen LogP contribution in [0.1, 0.15) is 27.2 Å². The molecular formula is C12H18O6. The molecule has 1 rings (SSSR count). The third-order valence-electron chi connectivity index (χ3n) is 1.85. The van der Waals surface area contributed by atoms with E-state index in [4.69, 9.17) is 9.47 Å². The lowest BCUT2D eigenvalue weighted by Crippen LogP contribution is -2.24. The van der Waals surface area contributed by atoms with Gasteiger partial charge in [0.05, 0.1) is 19.6 Å². The standard InChI is InChI=1S/C12H18O6/c1-12(2,3)18-10(13)5-7-15-6-4-9-8-16-11(14)17-9/h4H,5-8H2,1-3H3/b9-4-. The first-order valence-corrected chi connectivity index (χ1v) is 5.70. The highest BCUT2D eigenvalue weighted by atomic mass is 16.8. The Kier molecular flexibility index (Phi) is 5.15. The molecule has 0 aromatic heterocycles. The van der Waals surface area contributed by atoms with Crippen LogP contribution in [0.4, 0.5) is 4.79 Å². The Labute approximate surface area is 106 Å². The minimum Gasteiger partial charge on any atom is -0.460 e. The lowest BCUT2D eigenvalue weighted by molar-refractivity contribution is -0.155. The Bertz CT molecular complexity index is 339. The SMILES string of the molecule is CC(C)(C)OC(=O)CCOC/C=C1/COC(=O)O1. The van der Waals surface area contributed by atoms with Crippen molar-refractivity contribution in [3.8, 4) is 0 Å². The van der Waals surface area contributed by atoms with Crippen LogP contribution >= 0.6 is 0 Å². The zero-order valence-corrected chi connectivity index (χ0v) is 10.9. The van der Waals surface area contributed by atoms with Crippen LogP contribution in [0.25, 0.3) is 0 Å². The Morgan fingerprint density at radius 2 is 2.17 bits per heavy atom. The molecule has 0 aliphatic carbocycles. The molecule has 102 valence electrons. The van der Waals surface area contributed by atoms with Crippen molar-refractivity contribution in [3.63, 3.8) is 0 Å². The Hall–Kier alpha value is -1.56. The molecule has 1 aliphatic rings. The summed E-state index contributed by atoms with van der Waals surface area (Å²) >= 11 is 0. The molecular weight excluding hydrogens is 240 g/mol. The molecule has 1 heterocycles. The first kappa shape index (κ1) is 14.5. The quantitative estimate of drug-likeness (QED) is 0.553. The van der Waals surface area contributed by atoms with E-state index in [0.29, 0.717) is 5.76 Å². The van der Waals surface area contributed by atoms with Gasteiger partial charge in [-0.15, -0.1) is 0 Å². The topological polar surface area (TPSA) is 71.1 Å². The molecule has 0 radical (unpaired) electrons. The number of carbonyl (C=O) groups is 2. The lowest BCUT2D eigenvalue weighted by Gasteiger charge is -2.19. The Balaban J connectivity index is 2.08. The summed E-state index contributed by atoms with van der Waals surface area (Å²) in [6.45, 7) is 6.08. The first-order chi connectivity index (χ1) is 8.37. The maximum absolute atomic E-state index is 11.3. The van der Waals surface area contributed by atoms with Gasteiger partial charge in [-0.05, 0) is 26.8 Å². The second-order valence-electron chi connectivity index (χ2n) is 4.72. The molecule has 0 spiro atoms. The van der Waals surface area contributed by atoms with Gasteiger partial charge < -0.3 is 18.9 Å². The second kappa shape index (κ2) is 6.39. The van der Waals surface area contributed by atoms with Crippen molar-refractivity contribution >= 4 is 12.1 Å². The number of ether oxygens (including phenoxy) is 4. The molecule has 0 unspecified atom stereocenters. The molecule has 1 aliphatic heterocycles. The molecule has 0 N–H and O–H groups in total. The zero-order chi connectivity index (χ0) is 13.6. The zero-order valence-electron chi connectivity index (χ0n) is 10.9.